The molecule has 1 aromatic rings. The Balaban J connectivity index is 1.71. The number of hydrogen-bond acceptors (Lipinski definition) is 6. The van der Waals surface area contributed by atoms with Gasteiger partial charge in [-0.3, -0.25) is 14.5 Å². The molecule has 0 radical (unpaired) electrons. The van der Waals surface area contributed by atoms with E-state index in [9.17, 15) is 9.59 Å². The van der Waals surface area contributed by atoms with Crippen molar-refractivity contribution in [2.24, 2.45) is 0 Å². The number of piperidine rings is 1. The quantitative estimate of drug-likeness (QED) is 0.711. The zero-order valence-corrected chi connectivity index (χ0v) is 18.5. The van der Waals surface area contributed by atoms with Crippen LogP contribution in [0.15, 0.2) is 18.2 Å². The van der Waals surface area contributed by atoms with E-state index in [1.807, 2.05) is 30.1 Å². The van der Waals surface area contributed by atoms with E-state index < -0.39 is 6.04 Å². The number of likely N-dealkylation sites (tertiary alicyclic amines) is 1. The number of nitrogens with zero attached hydrogens (tertiary/aromatic N) is 3. The Kier molecular flexibility index (Phi) is 7.55. The first-order chi connectivity index (χ1) is 14.4. The minimum Gasteiger partial charge on any atom is -0.493 e. The smallest absolute Gasteiger partial charge is 0.237 e. The highest BCUT2D eigenvalue weighted by Gasteiger charge is 2.34. The van der Waals surface area contributed by atoms with Crippen LogP contribution in [0.2, 0.25) is 0 Å². The highest BCUT2D eigenvalue weighted by Crippen LogP contribution is 2.32. The molecule has 1 unspecified atom stereocenters. The Morgan fingerprint density at radius 1 is 1.20 bits per heavy atom. The predicted molar refractivity (Wildman–Crippen MR) is 115 cm³/mol. The van der Waals surface area contributed by atoms with Gasteiger partial charge in [0.05, 0.1) is 26.7 Å². The summed E-state index contributed by atoms with van der Waals surface area (Å²) in [5.74, 6) is 1.26. The summed E-state index contributed by atoms with van der Waals surface area (Å²) < 4.78 is 10.9. The molecule has 0 aliphatic carbocycles. The summed E-state index contributed by atoms with van der Waals surface area (Å²) in [7, 11) is 7.20. The highest BCUT2D eigenvalue weighted by atomic mass is 16.5. The number of carbonyl (C=O) groups excluding carboxylic acids is 2. The fourth-order valence-corrected chi connectivity index (χ4v) is 4.37. The van der Waals surface area contributed by atoms with E-state index in [1.165, 1.54) is 0 Å². The first-order valence-electron chi connectivity index (χ1n) is 10.6. The number of ether oxygens (including phenoxy) is 2. The second-order valence-electron chi connectivity index (χ2n) is 8.17. The molecule has 30 heavy (non-hydrogen) atoms. The lowest BCUT2D eigenvalue weighted by molar-refractivity contribution is -0.140. The third kappa shape index (κ3) is 5.05. The van der Waals surface area contributed by atoms with Gasteiger partial charge in [0.15, 0.2) is 11.5 Å². The average molecular weight is 419 g/mol. The van der Waals surface area contributed by atoms with Gasteiger partial charge in [0, 0.05) is 38.3 Å². The summed E-state index contributed by atoms with van der Waals surface area (Å²) in [5, 5.41) is 2.91. The molecular weight excluding hydrogens is 384 g/mol. The van der Waals surface area contributed by atoms with Gasteiger partial charge in [0.1, 0.15) is 0 Å². The molecule has 0 saturated carbocycles. The van der Waals surface area contributed by atoms with E-state index in [0.29, 0.717) is 31.1 Å². The Morgan fingerprint density at radius 2 is 1.93 bits per heavy atom. The van der Waals surface area contributed by atoms with Crippen molar-refractivity contribution in [2.75, 3.05) is 54.5 Å². The fourth-order valence-electron chi connectivity index (χ4n) is 4.37. The molecule has 8 heteroatoms. The molecule has 2 heterocycles. The van der Waals surface area contributed by atoms with Gasteiger partial charge in [-0.15, -0.1) is 0 Å². The molecule has 2 saturated heterocycles. The second kappa shape index (κ2) is 10.1. The van der Waals surface area contributed by atoms with Crippen molar-refractivity contribution in [3.63, 3.8) is 0 Å². The van der Waals surface area contributed by atoms with Crippen molar-refractivity contribution in [1.82, 2.24) is 20.0 Å². The normalized spacial score (nSPS) is 21.2. The summed E-state index contributed by atoms with van der Waals surface area (Å²) >= 11 is 0. The molecule has 2 aliphatic rings. The Hall–Kier alpha value is -2.32. The van der Waals surface area contributed by atoms with E-state index in [-0.39, 0.29) is 24.3 Å². The first kappa shape index (κ1) is 22.4. The predicted octanol–water partition coefficient (Wildman–Crippen LogP) is 0.947. The van der Waals surface area contributed by atoms with Crippen LogP contribution in [0.3, 0.4) is 0 Å². The zero-order chi connectivity index (χ0) is 21.7. The van der Waals surface area contributed by atoms with E-state index in [2.05, 4.69) is 22.2 Å². The molecule has 0 bridgehead atoms. The molecule has 1 N–H and O–H groups in total. The number of amides is 2. The van der Waals surface area contributed by atoms with Crippen LogP contribution in [0, 0.1) is 0 Å². The van der Waals surface area contributed by atoms with Gasteiger partial charge >= 0.3 is 0 Å². The minimum absolute atomic E-state index is 0.0224. The lowest BCUT2D eigenvalue weighted by atomic mass is 10.0. The summed E-state index contributed by atoms with van der Waals surface area (Å²) in [6.45, 7) is 3.76. The van der Waals surface area contributed by atoms with Crippen molar-refractivity contribution < 1.29 is 19.1 Å². The van der Waals surface area contributed by atoms with Crippen LogP contribution in [0.25, 0.3) is 0 Å². The second-order valence-corrected chi connectivity index (χ2v) is 8.17. The number of nitrogens with one attached hydrogen (secondary N) is 1. The van der Waals surface area contributed by atoms with Crippen LogP contribution in [0.4, 0.5) is 0 Å². The van der Waals surface area contributed by atoms with E-state index in [4.69, 9.17) is 9.47 Å². The van der Waals surface area contributed by atoms with Crippen LogP contribution in [-0.2, 0) is 16.1 Å². The lowest BCUT2D eigenvalue weighted by Gasteiger charge is -2.38. The van der Waals surface area contributed by atoms with Crippen LogP contribution in [0.1, 0.15) is 24.8 Å². The standard InChI is InChI=1S/C22H34N4O4/c1-24-11-8-17(9-12-24)25(2)20(27)14-18-22(28)23-10-13-26(18)15-16-6-5-7-19(29-3)21(16)30-4/h5-7,17-18H,8-15H2,1-4H3,(H,23,28). The minimum atomic E-state index is -0.490. The summed E-state index contributed by atoms with van der Waals surface area (Å²) in [6, 6.07) is 5.48. The van der Waals surface area contributed by atoms with E-state index in [0.717, 1.165) is 31.5 Å². The molecule has 2 amide bonds. The van der Waals surface area contributed by atoms with E-state index >= 15 is 0 Å². The van der Waals surface area contributed by atoms with Gasteiger partial charge in [-0.05, 0) is 39.0 Å². The van der Waals surface area contributed by atoms with Gasteiger partial charge in [0.25, 0.3) is 0 Å². The van der Waals surface area contributed by atoms with Gasteiger partial charge in [-0.1, -0.05) is 12.1 Å². The average Bonchev–Trinajstić information content (AvgIpc) is 2.75. The maximum Gasteiger partial charge on any atom is 0.237 e. The summed E-state index contributed by atoms with van der Waals surface area (Å²) in [6.07, 6.45) is 2.13. The molecule has 0 spiro atoms. The molecule has 2 fully saturated rings. The van der Waals surface area contributed by atoms with Crippen LogP contribution < -0.4 is 14.8 Å². The maximum atomic E-state index is 13.0. The molecule has 8 nitrogen and oxygen atoms in total. The van der Waals surface area contributed by atoms with Crippen molar-refractivity contribution in [3.05, 3.63) is 23.8 Å². The Bertz CT molecular complexity index is 749. The monoisotopic (exact) mass is 418 g/mol. The Labute approximate surface area is 179 Å². The van der Waals surface area contributed by atoms with Gasteiger partial charge in [0.2, 0.25) is 11.8 Å². The van der Waals surface area contributed by atoms with Gasteiger partial charge in [-0.2, -0.15) is 0 Å². The number of para-hydroxylation sites is 1. The molecule has 1 atom stereocenters. The SMILES string of the molecule is COc1cccc(CN2CCNC(=O)C2CC(=O)N(C)C2CCN(C)CC2)c1OC. The lowest BCUT2D eigenvalue weighted by Crippen LogP contribution is -2.56. The number of rotatable bonds is 7. The maximum absolute atomic E-state index is 13.0. The molecule has 3 rings (SSSR count). The van der Waals surface area contributed by atoms with Crippen LogP contribution in [0.5, 0.6) is 11.5 Å². The number of piperazine rings is 1. The van der Waals surface area contributed by atoms with Gasteiger partial charge in [-0.25, -0.2) is 0 Å². The molecule has 166 valence electrons. The third-order valence-corrected chi connectivity index (χ3v) is 6.30. The van der Waals surface area contributed by atoms with E-state index in [1.54, 1.807) is 14.2 Å². The summed E-state index contributed by atoms with van der Waals surface area (Å²) in [5.41, 5.74) is 0.938. The Morgan fingerprint density at radius 3 is 2.60 bits per heavy atom. The third-order valence-electron chi connectivity index (χ3n) is 6.30. The van der Waals surface area contributed by atoms with Crippen molar-refractivity contribution in [2.45, 2.75) is 37.9 Å². The molecule has 1 aromatic carbocycles. The van der Waals surface area contributed by atoms with Crippen molar-refractivity contribution in [3.8, 4) is 11.5 Å². The van der Waals surface area contributed by atoms with Crippen molar-refractivity contribution in [1.29, 1.82) is 0 Å². The first-order valence-corrected chi connectivity index (χ1v) is 10.6. The fraction of sp³-hybridized carbons (Fsp3) is 0.636. The number of benzene rings is 1. The molecular formula is C22H34N4O4. The van der Waals surface area contributed by atoms with Crippen molar-refractivity contribution >= 4 is 11.8 Å². The molecule has 2 aliphatic heterocycles. The van der Waals surface area contributed by atoms with Crippen LogP contribution >= 0.6 is 0 Å². The number of methoxy groups -OCH3 is 2. The highest BCUT2D eigenvalue weighted by molar-refractivity contribution is 5.88. The summed E-state index contributed by atoms with van der Waals surface area (Å²) in [4.78, 5) is 31.9. The van der Waals surface area contributed by atoms with Gasteiger partial charge < -0.3 is 24.6 Å². The number of carbonyl (C=O) groups is 2. The van der Waals surface area contributed by atoms with Crippen LogP contribution in [-0.4, -0.2) is 93.1 Å². The largest absolute Gasteiger partial charge is 0.493 e. The topological polar surface area (TPSA) is 74.4 Å². The number of hydrogen-bond donors (Lipinski definition) is 1. The molecule has 0 aromatic heterocycles. The zero-order valence-electron chi connectivity index (χ0n) is 18.5.